The van der Waals surface area contributed by atoms with E-state index >= 15 is 0 Å². The Morgan fingerprint density at radius 1 is 1.41 bits per heavy atom. The van der Waals surface area contributed by atoms with Gasteiger partial charge in [-0.2, -0.15) is 13.2 Å². The van der Waals surface area contributed by atoms with Crippen LogP contribution in [0.2, 0.25) is 0 Å². The zero-order valence-electron chi connectivity index (χ0n) is 8.70. The quantitative estimate of drug-likeness (QED) is 0.819. The summed E-state index contributed by atoms with van der Waals surface area (Å²) in [5, 5.41) is 2.32. The van der Waals surface area contributed by atoms with Gasteiger partial charge in [0.15, 0.2) is 0 Å². The fourth-order valence-electron chi connectivity index (χ4n) is 1.24. The molecule has 1 atom stereocenters. The maximum Gasteiger partial charge on any atom is 0.416 e. The molecule has 3 nitrogen and oxygen atoms in total. The number of nitrogens with two attached hydrogens (primary N) is 1. The van der Waals surface area contributed by atoms with Gasteiger partial charge in [0.05, 0.1) is 5.56 Å². The Balaban J connectivity index is 0.00000256. The van der Waals surface area contributed by atoms with Gasteiger partial charge in [0, 0.05) is 12.6 Å². The van der Waals surface area contributed by atoms with E-state index in [-0.39, 0.29) is 19.0 Å². The highest BCUT2D eigenvalue weighted by Gasteiger charge is 2.30. The molecule has 1 aromatic carbocycles. The van der Waals surface area contributed by atoms with Crippen LogP contribution in [-0.2, 0) is 11.0 Å². The summed E-state index contributed by atoms with van der Waals surface area (Å²) in [6.07, 6.45) is -3.93. The van der Waals surface area contributed by atoms with Crippen LogP contribution in [0.3, 0.4) is 0 Å². The molecular formula is C10H12ClF3N2O. The number of nitrogens with one attached hydrogen (secondary N) is 1. The van der Waals surface area contributed by atoms with Crippen molar-refractivity contribution < 1.29 is 18.0 Å². The van der Waals surface area contributed by atoms with Gasteiger partial charge in [0.1, 0.15) is 0 Å². The Morgan fingerprint density at radius 3 is 2.59 bits per heavy atom. The van der Waals surface area contributed by atoms with Crippen molar-refractivity contribution in [3.63, 3.8) is 0 Å². The van der Waals surface area contributed by atoms with E-state index in [1.165, 1.54) is 12.1 Å². The second-order valence-electron chi connectivity index (χ2n) is 3.26. The van der Waals surface area contributed by atoms with Gasteiger partial charge in [-0.1, -0.05) is 12.1 Å². The van der Waals surface area contributed by atoms with Crippen LogP contribution >= 0.6 is 12.4 Å². The van der Waals surface area contributed by atoms with E-state index in [1.54, 1.807) is 0 Å². The first kappa shape index (κ1) is 15.7. The van der Waals surface area contributed by atoms with Gasteiger partial charge in [-0.3, -0.25) is 4.79 Å². The van der Waals surface area contributed by atoms with E-state index in [9.17, 15) is 18.0 Å². The van der Waals surface area contributed by atoms with E-state index in [0.29, 0.717) is 12.0 Å². The molecule has 1 unspecified atom stereocenters. The molecule has 7 heteroatoms. The molecule has 0 aliphatic carbocycles. The van der Waals surface area contributed by atoms with E-state index in [4.69, 9.17) is 5.73 Å². The molecule has 0 bridgehead atoms. The van der Waals surface area contributed by atoms with Crippen molar-refractivity contribution in [2.24, 2.45) is 5.73 Å². The average Bonchev–Trinajstić information content (AvgIpc) is 2.25. The monoisotopic (exact) mass is 268 g/mol. The maximum absolute atomic E-state index is 12.4. The first-order chi connectivity index (χ1) is 7.45. The SMILES string of the molecule is Cl.NC(CNC=O)c1cccc(C(F)(F)F)c1. The fourth-order valence-corrected chi connectivity index (χ4v) is 1.24. The highest BCUT2D eigenvalue weighted by atomic mass is 35.5. The lowest BCUT2D eigenvalue weighted by atomic mass is 10.0. The molecule has 3 N–H and O–H groups in total. The first-order valence-electron chi connectivity index (χ1n) is 4.55. The number of carbonyl (C=O) groups excluding carboxylic acids is 1. The lowest BCUT2D eigenvalue weighted by Gasteiger charge is -2.13. The molecule has 0 spiro atoms. The van der Waals surface area contributed by atoms with Crippen molar-refractivity contribution in [1.82, 2.24) is 5.32 Å². The van der Waals surface area contributed by atoms with Crippen LogP contribution < -0.4 is 11.1 Å². The Morgan fingerprint density at radius 2 is 2.06 bits per heavy atom. The number of rotatable bonds is 4. The molecule has 17 heavy (non-hydrogen) atoms. The largest absolute Gasteiger partial charge is 0.416 e. The van der Waals surface area contributed by atoms with Crippen LogP contribution in [-0.4, -0.2) is 13.0 Å². The van der Waals surface area contributed by atoms with Gasteiger partial charge >= 0.3 is 6.18 Å². The molecule has 0 radical (unpaired) electrons. The van der Waals surface area contributed by atoms with Crippen LogP contribution in [0.15, 0.2) is 24.3 Å². The summed E-state index contributed by atoms with van der Waals surface area (Å²) in [4.78, 5) is 10.0. The molecule has 0 aliphatic heterocycles. The second kappa shape index (κ2) is 6.46. The Kier molecular flexibility index (Phi) is 5.98. The Labute approximate surface area is 103 Å². The van der Waals surface area contributed by atoms with Crippen molar-refractivity contribution in [3.05, 3.63) is 35.4 Å². The van der Waals surface area contributed by atoms with Gasteiger partial charge in [-0.25, -0.2) is 0 Å². The smallest absolute Gasteiger partial charge is 0.357 e. The third-order valence-electron chi connectivity index (χ3n) is 2.06. The second-order valence-corrected chi connectivity index (χ2v) is 3.26. The normalized spacial score (nSPS) is 12.5. The third kappa shape index (κ3) is 4.62. The topological polar surface area (TPSA) is 55.1 Å². The molecule has 0 saturated heterocycles. The number of amides is 1. The molecule has 0 aromatic heterocycles. The average molecular weight is 269 g/mol. The highest BCUT2D eigenvalue weighted by molar-refractivity contribution is 5.85. The predicted octanol–water partition coefficient (Wildman–Crippen LogP) is 1.87. The Hall–Kier alpha value is -1.27. The minimum atomic E-state index is -4.38. The molecule has 1 amide bonds. The summed E-state index contributed by atoms with van der Waals surface area (Å²) in [7, 11) is 0. The molecule has 0 heterocycles. The van der Waals surface area contributed by atoms with Crippen LogP contribution in [0.25, 0.3) is 0 Å². The van der Waals surface area contributed by atoms with Crippen molar-refractivity contribution in [2.75, 3.05) is 6.54 Å². The van der Waals surface area contributed by atoms with Crippen LogP contribution in [0.1, 0.15) is 17.2 Å². The zero-order valence-corrected chi connectivity index (χ0v) is 9.52. The van der Waals surface area contributed by atoms with Crippen molar-refractivity contribution in [1.29, 1.82) is 0 Å². The number of benzene rings is 1. The third-order valence-corrected chi connectivity index (χ3v) is 2.06. The summed E-state index contributed by atoms with van der Waals surface area (Å²) in [5.41, 5.74) is 5.20. The van der Waals surface area contributed by atoms with Gasteiger partial charge in [0.25, 0.3) is 0 Å². The number of carbonyl (C=O) groups is 1. The van der Waals surface area contributed by atoms with E-state index in [1.807, 2.05) is 0 Å². The Bertz CT molecular complexity index is 371. The minimum absolute atomic E-state index is 0. The van der Waals surface area contributed by atoms with Crippen LogP contribution in [0.5, 0.6) is 0 Å². The molecule has 0 fully saturated rings. The van der Waals surface area contributed by atoms with Crippen LogP contribution in [0, 0.1) is 0 Å². The first-order valence-corrected chi connectivity index (χ1v) is 4.55. The predicted molar refractivity (Wildman–Crippen MR) is 59.7 cm³/mol. The molecule has 1 aromatic rings. The lowest BCUT2D eigenvalue weighted by Crippen LogP contribution is -2.26. The summed E-state index contributed by atoms with van der Waals surface area (Å²) in [6, 6.07) is 4.10. The van der Waals surface area contributed by atoms with Crippen molar-refractivity contribution in [2.45, 2.75) is 12.2 Å². The minimum Gasteiger partial charge on any atom is -0.357 e. The summed E-state index contributed by atoms with van der Waals surface area (Å²) in [6.45, 7) is 0.102. The summed E-state index contributed by atoms with van der Waals surface area (Å²) >= 11 is 0. The van der Waals surface area contributed by atoms with Gasteiger partial charge in [-0.05, 0) is 17.7 Å². The van der Waals surface area contributed by atoms with Crippen molar-refractivity contribution in [3.8, 4) is 0 Å². The standard InChI is InChI=1S/C10H11F3N2O.ClH/c11-10(12,13)8-3-1-2-7(4-8)9(14)5-15-6-16;/h1-4,6,9H,5,14H2,(H,15,16);1H. The van der Waals surface area contributed by atoms with E-state index in [0.717, 1.165) is 12.1 Å². The van der Waals surface area contributed by atoms with E-state index in [2.05, 4.69) is 5.32 Å². The molecule has 96 valence electrons. The van der Waals surface area contributed by atoms with Gasteiger partial charge < -0.3 is 11.1 Å². The zero-order chi connectivity index (χ0) is 12.2. The van der Waals surface area contributed by atoms with Crippen LogP contribution in [0.4, 0.5) is 13.2 Å². The molecule has 1 rings (SSSR count). The number of hydrogen-bond acceptors (Lipinski definition) is 2. The number of hydrogen-bond donors (Lipinski definition) is 2. The maximum atomic E-state index is 12.4. The number of alkyl halides is 3. The highest BCUT2D eigenvalue weighted by Crippen LogP contribution is 2.30. The number of halogens is 4. The van der Waals surface area contributed by atoms with Crippen molar-refractivity contribution >= 4 is 18.8 Å². The van der Waals surface area contributed by atoms with E-state index < -0.39 is 17.8 Å². The molecular weight excluding hydrogens is 257 g/mol. The fraction of sp³-hybridized carbons (Fsp3) is 0.300. The summed E-state index contributed by atoms with van der Waals surface area (Å²) < 4.78 is 37.1. The summed E-state index contributed by atoms with van der Waals surface area (Å²) in [5.74, 6) is 0. The molecule has 0 saturated carbocycles. The lowest BCUT2D eigenvalue weighted by molar-refractivity contribution is -0.137. The van der Waals surface area contributed by atoms with Gasteiger partial charge in [0.2, 0.25) is 6.41 Å². The molecule has 0 aliphatic rings. The van der Waals surface area contributed by atoms with Gasteiger partial charge in [-0.15, -0.1) is 12.4 Å².